The molecule has 15 nitrogen and oxygen atoms in total. The average Bonchev–Trinajstić information content (AvgIpc) is 4.01. The number of fused-ring (bicyclic) bond motifs is 1. The lowest BCUT2D eigenvalue weighted by molar-refractivity contribution is -0.145. The number of hydrogen-bond donors (Lipinski definition) is 4. The van der Waals surface area contributed by atoms with E-state index in [-0.39, 0.29) is 51.5 Å². The van der Waals surface area contributed by atoms with Gasteiger partial charge in [-0.2, -0.15) is 0 Å². The molecule has 360 valence electrons. The fraction of sp³-hybridized carbons (Fsp3) is 0.735. The van der Waals surface area contributed by atoms with Gasteiger partial charge in [0.2, 0.25) is 23.6 Å². The number of carbonyl (C=O) groups is 7. The lowest BCUT2D eigenvalue weighted by Gasteiger charge is -2.38. The molecule has 0 radical (unpaired) electrons. The molecule has 3 unspecified atom stereocenters. The first-order valence-electron chi connectivity index (χ1n) is 23.4. The maximum atomic E-state index is 14.9. The van der Waals surface area contributed by atoms with Crippen LogP contribution in [0.1, 0.15) is 150 Å². The Hall–Kier alpha value is -4.53. The summed E-state index contributed by atoms with van der Waals surface area (Å²) in [6, 6.07) is -2.78. The summed E-state index contributed by atoms with van der Waals surface area (Å²) >= 11 is 0. The number of hydrogen-bond acceptors (Lipinski definition) is 10. The van der Waals surface area contributed by atoms with Gasteiger partial charge in [0, 0.05) is 50.5 Å². The van der Waals surface area contributed by atoms with Crippen LogP contribution in [0.2, 0.25) is 0 Å². The van der Waals surface area contributed by atoms with Gasteiger partial charge in [-0.25, -0.2) is 4.98 Å². The summed E-state index contributed by atoms with van der Waals surface area (Å²) in [7, 11) is 1.54. The Morgan fingerprint density at radius 1 is 0.953 bits per heavy atom. The fourth-order valence-electron chi connectivity index (χ4n) is 10.6. The highest BCUT2D eigenvalue weighted by molar-refractivity contribution is 6.00. The van der Waals surface area contributed by atoms with Gasteiger partial charge in [-0.15, -0.1) is 6.58 Å². The zero-order chi connectivity index (χ0) is 48.7. The molecule has 0 bridgehead atoms. The third-order valence-corrected chi connectivity index (χ3v) is 14.6. The smallest absolute Gasteiger partial charge is 0.272 e. The molecule has 3 saturated carbocycles. The molecule has 64 heavy (non-hydrogen) atoms. The van der Waals surface area contributed by atoms with E-state index in [1.165, 1.54) is 44.3 Å². The summed E-state index contributed by atoms with van der Waals surface area (Å²) in [5.41, 5.74) is -2.04. The molecule has 5 amide bonds. The van der Waals surface area contributed by atoms with Gasteiger partial charge in [0.1, 0.15) is 42.9 Å². The first-order valence-corrected chi connectivity index (χ1v) is 23.4. The molecule has 2 spiro atoms. The Bertz CT molecular complexity index is 1710. The van der Waals surface area contributed by atoms with Crippen LogP contribution in [0.15, 0.2) is 31.2 Å². The average molecular weight is 896 g/mol. The van der Waals surface area contributed by atoms with Crippen molar-refractivity contribution in [3.05, 3.63) is 36.9 Å². The minimum absolute atomic E-state index is 0.0501. The van der Waals surface area contributed by atoms with Crippen LogP contribution in [-0.4, -0.2) is 108 Å². The van der Waals surface area contributed by atoms with Gasteiger partial charge >= 0.3 is 0 Å². The number of amides is 5. The first kappa shape index (κ1) is 55.6. The molecule has 3 heterocycles. The molecule has 6 atom stereocenters. The molecule has 15 heteroatoms. The number of nitrogens with one attached hydrogen (secondary N) is 4. The lowest BCUT2D eigenvalue weighted by Crippen LogP contribution is -2.62. The van der Waals surface area contributed by atoms with Crippen molar-refractivity contribution >= 4 is 43.1 Å². The van der Waals surface area contributed by atoms with Gasteiger partial charge < -0.3 is 40.5 Å². The van der Waals surface area contributed by atoms with Crippen molar-refractivity contribution in [1.29, 1.82) is 0 Å². The van der Waals surface area contributed by atoms with E-state index in [4.69, 9.17) is 14.3 Å². The predicted octanol–water partition coefficient (Wildman–Crippen LogP) is 6.02. The summed E-state index contributed by atoms with van der Waals surface area (Å²) in [5, 5.41) is 11.6. The summed E-state index contributed by atoms with van der Waals surface area (Å²) in [5.74, 6) is -1.55. The van der Waals surface area contributed by atoms with Gasteiger partial charge in [-0.05, 0) is 66.6 Å². The van der Waals surface area contributed by atoms with Crippen LogP contribution in [0.25, 0.3) is 0 Å². The number of aromatic nitrogens is 2. The number of ether oxygens (including phenoxy) is 1. The SMILES string of the molecule is C=C[C@@H]1C[C@]1(NC(=O)C1CC2(CN1C(=O)[C@@H](NC(=O)C(NC(=O)c1cnccn1)C1CCOCC1)C(C)(C)C)C(C)(C)C21CCC1)C(=O)NC.C=O.C=O.CC.CCCCCC(C)C. The quantitative estimate of drug-likeness (QED) is 0.126. The van der Waals surface area contributed by atoms with E-state index in [2.05, 4.69) is 72.4 Å². The maximum absolute atomic E-state index is 14.9. The second-order valence-electron chi connectivity index (χ2n) is 19.6. The Morgan fingerprint density at radius 2 is 1.58 bits per heavy atom. The Balaban J connectivity index is 0.000000889. The summed E-state index contributed by atoms with van der Waals surface area (Å²) in [4.78, 5) is 95.5. The molecule has 1 aromatic rings. The topological polar surface area (TPSA) is 206 Å². The molecule has 5 fully saturated rings. The monoisotopic (exact) mass is 896 g/mol. The van der Waals surface area contributed by atoms with Gasteiger partial charge in [-0.3, -0.25) is 29.0 Å². The molecule has 5 aliphatic rings. The Kier molecular flexibility index (Phi) is 21.0. The van der Waals surface area contributed by atoms with Crippen molar-refractivity contribution in [1.82, 2.24) is 36.1 Å². The van der Waals surface area contributed by atoms with Crippen molar-refractivity contribution < 1.29 is 38.3 Å². The molecule has 4 N–H and O–H groups in total. The van der Waals surface area contributed by atoms with Crippen LogP contribution in [0.3, 0.4) is 0 Å². The first-order chi connectivity index (χ1) is 30.4. The number of unbranched alkanes of at least 4 members (excludes halogenated alkanes) is 2. The largest absolute Gasteiger partial charge is 0.381 e. The number of rotatable bonds is 14. The zero-order valence-corrected chi connectivity index (χ0v) is 40.9. The van der Waals surface area contributed by atoms with E-state index in [1.807, 2.05) is 48.2 Å². The van der Waals surface area contributed by atoms with E-state index in [1.54, 1.807) is 18.0 Å². The van der Waals surface area contributed by atoms with Crippen molar-refractivity contribution in [3.8, 4) is 0 Å². The Labute approximate surface area is 383 Å². The number of nitrogens with zero attached hydrogens (tertiary/aromatic N) is 3. The van der Waals surface area contributed by atoms with Crippen LogP contribution in [0, 0.1) is 39.4 Å². The second-order valence-corrected chi connectivity index (χ2v) is 19.6. The highest BCUT2D eigenvalue weighted by atomic mass is 16.5. The van der Waals surface area contributed by atoms with Crippen molar-refractivity contribution in [3.63, 3.8) is 0 Å². The number of carbonyl (C=O) groups excluding carboxylic acids is 7. The lowest BCUT2D eigenvalue weighted by atomic mass is 9.73. The van der Waals surface area contributed by atoms with E-state index in [9.17, 15) is 24.0 Å². The second kappa shape index (κ2) is 24.1. The van der Waals surface area contributed by atoms with Crippen molar-refractivity contribution in [2.45, 2.75) is 164 Å². The maximum Gasteiger partial charge on any atom is 0.272 e. The van der Waals surface area contributed by atoms with Crippen LogP contribution in [0.4, 0.5) is 0 Å². The molecule has 6 rings (SSSR count). The molecular formula is C49H81N7O8. The highest BCUT2D eigenvalue weighted by Gasteiger charge is 2.85. The number of likely N-dealkylation sites (tertiary alicyclic amines) is 1. The molecule has 2 aliphatic heterocycles. The normalized spacial score (nSPS) is 25.3. The summed E-state index contributed by atoms with van der Waals surface area (Å²) in [6.07, 6.45) is 16.8. The Morgan fingerprint density at radius 3 is 2.03 bits per heavy atom. The zero-order valence-electron chi connectivity index (χ0n) is 40.9. The van der Waals surface area contributed by atoms with Crippen LogP contribution in [0.5, 0.6) is 0 Å². The van der Waals surface area contributed by atoms with E-state index < -0.39 is 40.9 Å². The van der Waals surface area contributed by atoms with Gasteiger partial charge in [0.05, 0.1) is 6.20 Å². The minimum atomic E-state index is -1.10. The van der Waals surface area contributed by atoms with Crippen LogP contribution >= 0.6 is 0 Å². The van der Waals surface area contributed by atoms with Crippen molar-refractivity contribution in [2.75, 3.05) is 26.8 Å². The standard InChI is InChI=1S/C37H53N7O6.C8H18.C2H6.2CH2O/c1-8-23-18-37(23,32(49)38-7)43-29(46)25-19-36(34(5,6)35(36)12-9-13-35)21-44(25)31(48)27(33(2,3)4)42-30(47)26(22-10-16-50-17-11-22)41-28(45)24-20-39-14-15-40-24;1-4-5-6-7-8(2)3;3*1-2/h8,14-15,20,22-23,25-27H,1,9-13,16-19,21H2,2-7H3,(H,38,49)(H,41,45)(H,42,47)(H,43,46);8H,4-7H2,1-3H3;1-2H3;2*1H2/t23-,25?,26?,27-,36?,37-;;;;/m1..../s1. The van der Waals surface area contributed by atoms with Gasteiger partial charge in [0.25, 0.3) is 5.91 Å². The van der Waals surface area contributed by atoms with Crippen LogP contribution < -0.4 is 21.3 Å². The van der Waals surface area contributed by atoms with Crippen LogP contribution in [-0.2, 0) is 33.5 Å². The minimum Gasteiger partial charge on any atom is -0.381 e. The number of likely N-dealkylation sites (N-methyl/N-ethyl adjacent to an activating group) is 1. The fourth-order valence-corrected chi connectivity index (χ4v) is 10.6. The molecule has 1 aromatic heterocycles. The molecular weight excluding hydrogens is 815 g/mol. The van der Waals surface area contributed by atoms with E-state index in [0.717, 1.165) is 25.2 Å². The summed E-state index contributed by atoms with van der Waals surface area (Å²) < 4.78 is 5.55. The van der Waals surface area contributed by atoms with Gasteiger partial charge in [0.15, 0.2) is 0 Å². The summed E-state index contributed by atoms with van der Waals surface area (Å²) in [6.45, 7) is 30.1. The molecule has 3 aliphatic carbocycles. The third kappa shape index (κ3) is 11.6. The van der Waals surface area contributed by atoms with E-state index in [0.29, 0.717) is 45.4 Å². The molecule has 0 aromatic carbocycles. The molecule has 2 saturated heterocycles. The van der Waals surface area contributed by atoms with E-state index >= 15 is 0 Å². The third-order valence-electron chi connectivity index (χ3n) is 14.6. The highest BCUT2D eigenvalue weighted by Crippen LogP contribution is 2.88. The predicted molar refractivity (Wildman–Crippen MR) is 249 cm³/mol. The van der Waals surface area contributed by atoms with Crippen molar-refractivity contribution in [2.24, 2.45) is 39.4 Å². The van der Waals surface area contributed by atoms with Gasteiger partial charge in [-0.1, -0.05) is 107 Å².